The van der Waals surface area contributed by atoms with Gasteiger partial charge in [0, 0.05) is 17.8 Å². The van der Waals surface area contributed by atoms with Crippen LogP contribution in [-0.2, 0) is 16.0 Å². The van der Waals surface area contributed by atoms with Gasteiger partial charge < -0.3 is 15.0 Å². The minimum atomic E-state index is -0.353. The third kappa shape index (κ3) is 4.08. The van der Waals surface area contributed by atoms with Gasteiger partial charge in [-0.05, 0) is 49.2 Å². The quantitative estimate of drug-likeness (QED) is 0.807. The van der Waals surface area contributed by atoms with E-state index in [-0.39, 0.29) is 30.7 Å². The van der Waals surface area contributed by atoms with E-state index < -0.39 is 0 Å². The first-order valence-electron chi connectivity index (χ1n) is 8.43. The average Bonchev–Trinajstić information content (AvgIpc) is 3.08. The molecule has 0 unspecified atom stereocenters. The molecule has 0 aliphatic carbocycles. The lowest BCUT2D eigenvalue weighted by Gasteiger charge is -2.18. The van der Waals surface area contributed by atoms with Crippen LogP contribution in [0.25, 0.3) is 0 Å². The van der Waals surface area contributed by atoms with Crippen molar-refractivity contribution in [1.82, 2.24) is 5.32 Å². The maximum absolute atomic E-state index is 12.4. The summed E-state index contributed by atoms with van der Waals surface area (Å²) in [7, 11) is 0. The Balaban J connectivity index is 1.52. The zero-order chi connectivity index (χ0) is 18.5. The number of carbonyl (C=O) groups excluding carboxylic acids is 3. The monoisotopic (exact) mass is 352 g/mol. The third-order valence-electron chi connectivity index (χ3n) is 4.23. The molecule has 1 aliphatic heterocycles. The molecule has 0 fully saturated rings. The summed E-state index contributed by atoms with van der Waals surface area (Å²) in [5.74, 6) is 0.0629. The predicted molar refractivity (Wildman–Crippen MR) is 97.5 cm³/mol. The van der Waals surface area contributed by atoms with Crippen molar-refractivity contribution in [3.63, 3.8) is 0 Å². The highest BCUT2D eigenvalue weighted by atomic mass is 16.5. The molecular formula is C20H20N2O4. The van der Waals surface area contributed by atoms with E-state index in [1.807, 2.05) is 24.3 Å². The van der Waals surface area contributed by atoms with Crippen LogP contribution in [0.15, 0.2) is 48.5 Å². The van der Waals surface area contributed by atoms with Gasteiger partial charge in [0.2, 0.25) is 5.91 Å². The highest BCUT2D eigenvalue weighted by molar-refractivity contribution is 6.00. The summed E-state index contributed by atoms with van der Waals surface area (Å²) < 4.78 is 5.35. The molecule has 0 saturated carbocycles. The molecule has 0 atom stereocenters. The molecule has 1 aliphatic rings. The first-order chi connectivity index (χ1) is 12.5. The van der Waals surface area contributed by atoms with Crippen molar-refractivity contribution in [1.29, 1.82) is 0 Å². The van der Waals surface area contributed by atoms with Crippen molar-refractivity contribution in [3.05, 3.63) is 59.7 Å². The Morgan fingerprint density at radius 1 is 1.12 bits per heavy atom. The van der Waals surface area contributed by atoms with Gasteiger partial charge >= 0.3 is 0 Å². The maximum atomic E-state index is 12.4. The van der Waals surface area contributed by atoms with Gasteiger partial charge in [-0.15, -0.1) is 0 Å². The number of ketones is 1. The minimum Gasteiger partial charge on any atom is -0.484 e. The molecule has 0 spiro atoms. The molecule has 26 heavy (non-hydrogen) atoms. The summed E-state index contributed by atoms with van der Waals surface area (Å²) in [5.41, 5.74) is 2.42. The number of nitrogens with one attached hydrogen (secondary N) is 1. The lowest BCUT2D eigenvalue weighted by Crippen LogP contribution is -2.40. The van der Waals surface area contributed by atoms with E-state index >= 15 is 0 Å². The van der Waals surface area contributed by atoms with Crippen molar-refractivity contribution in [2.75, 3.05) is 24.6 Å². The predicted octanol–water partition coefficient (Wildman–Crippen LogP) is 1.97. The van der Waals surface area contributed by atoms with E-state index in [0.717, 1.165) is 11.3 Å². The van der Waals surface area contributed by atoms with Crippen LogP contribution in [0.3, 0.4) is 0 Å². The van der Waals surface area contributed by atoms with Crippen LogP contribution in [0.2, 0.25) is 0 Å². The third-order valence-corrected chi connectivity index (χ3v) is 4.23. The lowest BCUT2D eigenvalue weighted by molar-refractivity contribution is -0.126. The van der Waals surface area contributed by atoms with Gasteiger partial charge in [0.1, 0.15) is 5.75 Å². The van der Waals surface area contributed by atoms with Crippen molar-refractivity contribution in [2.24, 2.45) is 0 Å². The second kappa shape index (κ2) is 7.82. The Bertz CT molecular complexity index is 833. The first-order valence-corrected chi connectivity index (χ1v) is 8.43. The molecular weight excluding hydrogens is 332 g/mol. The summed E-state index contributed by atoms with van der Waals surface area (Å²) in [6, 6.07) is 14.4. The number of hydrogen-bond donors (Lipinski definition) is 1. The number of benzene rings is 2. The van der Waals surface area contributed by atoms with E-state index in [0.29, 0.717) is 24.3 Å². The molecule has 0 bridgehead atoms. The van der Waals surface area contributed by atoms with Crippen LogP contribution < -0.4 is 15.0 Å². The largest absolute Gasteiger partial charge is 0.484 e. The molecule has 2 aromatic carbocycles. The second-order valence-electron chi connectivity index (χ2n) is 6.07. The highest BCUT2D eigenvalue weighted by Gasteiger charge is 2.25. The Hall–Kier alpha value is -3.15. The number of rotatable bonds is 6. The molecule has 0 saturated heterocycles. The lowest BCUT2D eigenvalue weighted by atomic mass is 10.1. The maximum Gasteiger partial charge on any atom is 0.258 e. The van der Waals surface area contributed by atoms with Crippen molar-refractivity contribution in [3.8, 4) is 5.75 Å². The highest BCUT2D eigenvalue weighted by Crippen LogP contribution is 2.29. The molecule has 6 nitrogen and oxygen atoms in total. The Morgan fingerprint density at radius 3 is 2.62 bits per heavy atom. The van der Waals surface area contributed by atoms with E-state index in [1.165, 1.54) is 6.92 Å². The van der Waals surface area contributed by atoms with Gasteiger partial charge in [-0.25, -0.2) is 0 Å². The molecule has 0 radical (unpaired) electrons. The van der Waals surface area contributed by atoms with E-state index in [1.54, 1.807) is 29.2 Å². The summed E-state index contributed by atoms with van der Waals surface area (Å²) in [6.07, 6.45) is 0.702. The zero-order valence-electron chi connectivity index (χ0n) is 14.5. The fraction of sp³-hybridized carbons (Fsp3) is 0.250. The number of fused-ring (bicyclic) bond motifs is 1. The second-order valence-corrected chi connectivity index (χ2v) is 6.07. The number of Topliss-reactive ketones (excluding diaryl/α,β-unsaturated/α-hetero) is 1. The summed E-state index contributed by atoms with van der Waals surface area (Å²) in [6.45, 7) is 1.83. The van der Waals surface area contributed by atoms with Gasteiger partial charge in [-0.2, -0.15) is 0 Å². The van der Waals surface area contributed by atoms with Gasteiger partial charge in [0.05, 0.1) is 6.54 Å². The first kappa shape index (κ1) is 17.7. The zero-order valence-corrected chi connectivity index (χ0v) is 14.5. The number of nitrogens with zero attached hydrogens (tertiary/aromatic N) is 1. The van der Waals surface area contributed by atoms with Crippen LogP contribution in [-0.4, -0.2) is 37.3 Å². The Morgan fingerprint density at radius 2 is 1.88 bits per heavy atom. The number of hydrogen-bond acceptors (Lipinski definition) is 4. The number of anilines is 1. The smallest absolute Gasteiger partial charge is 0.258 e. The molecule has 0 aromatic heterocycles. The van der Waals surface area contributed by atoms with Gasteiger partial charge in [-0.3, -0.25) is 14.4 Å². The van der Waals surface area contributed by atoms with Crippen LogP contribution >= 0.6 is 0 Å². The standard InChI is InChI=1S/C20H20N2O4/c1-14(23)15-7-8-18-16(11-15)9-10-22(18)20(25)12-21-19(24)13-26-17-5-3-2-4-6-17/h2-8,11H,9-10,12-13H2,1H3,(H,21,24). The average molecular weight is 352 g/mol. The van der Waals surface area contributed by atoms with Gasteiger partial charge in [-0.1, -0.05) is 18.2 Å². The number of amides is 2. The topological polar surface area (TPSA) is 75.7 Å². The Kier molecular flexibility index (Phi) is 5.31. The van der Waals surface area contributed by atoms with Crippen LogP contribution in [0.4, 0.5) is 5.69 Å². The molecule has 2 aromatic rings. The van der Waals surface area contributed by atoms with Gasteiger partial charge in [0.25, 0.3) is 5.91 Å². The molecule has 2 amide bonds. The van der Waals surface area contributed by atoms with Crippen LogP contribution in [0, 0.1) is 0 Å². The number of ether oxygens (including phenoxy) is 1. The minimum absolute atomic E-state index is 0.00301. The summed E-state index contributed by atoms with van der Waals surface area (Å²) >= 11 is 0. The van der Waals surface area contributed by atoms with Crippen molar-refractivity contribution >= 4 is 23.3 Å². The molecule has 3 rings (SSSR count). The molecule has 134 valence electrons. The number of carbonyl (C=O) groups is 3. The summed E-state index contributed by atoms with van der Waals surface area (Å²) in [4.78, 5) is 37.4. The SMILES string of the molecule is CC(=O)c1ccc2c(c1)CCN2C(=O)CNC(=O)COc1ccccc1. The van der Waals surface area contributed by atoms with Crippen LogP contribution in [0.5, 0.6) is 5.75 Å². The summed E-state index contributed by atoms with van der Waals surface area (Å²) in [5, 5.41) is 2.58. The normalized spacial score (nSPS) is 12.4. The van der Waals surface area contributed by atoms with E-state index in [4.69, 9.17) is 4.74 Å². The van der Waals surface area contributed by atoms with Crippen molar-refractivity contribution in [2.45, 2.75) is 13.3 Å². The molecule has 1 N–H and O–H groups in total. The van der Waals surface area contributed by atoms with E-state index in [9.17, 15) is 14.4 Å². The van der Waals surface area contributed by atoms with Crippen LogP contribution in [0.1, 0.15) is 22.8 Å². The van der Waals surface area contributed by atoms with Crippen molar-refractivity contribution < 1.29 is 19.1 Å². The van der Waals surface area contributed by atoms with Gasteiger partial charge in [0.15, 0.2) is 12.4 Å². The fourth-order valence-electron chi connectivity index (χ4n) is 2.87. The Labute approximate surface area is 151 Å². The number of para-hydroxylation sites is 1. The fourth-order valence-corrected chi connectivity index (χ4v) is 2.87. The molecule has 6 heteroatoms. The molecule has 1 heterocycles. The van der Waals surface area contributed by atoms with E-state index in [2.05, 4.69) is 5.32 Å².